The molecule has 2 fully saturated rings. The van der Waals surface area contributed by atoms with Crippen LogP contribution >= 0.6 is 11.6 Å². The quantitative estimate of drug-likeness (QED) is 0.794. The van der Waals surface area contributed by atoms with Crippen LogP contribution in [0.15, 0.2) is 0 Å². The summed E-state index contributed by atoms with van der Waals surface area (Å²) in [6.07, 6.45) is 2.42. The van der Waals surface area contributed by atoms with Crippen molar-refractivity contribution in [3.05, 3.63) is 16.9 Å². The molecule has 0 amide bonds. The van der Waals surface area contributed by atoms with Crippen molar-refractivity contribution in [1.29, 1.82) is 0 Å². The Morgan fingerprint density at radius 2 is 1.94 bits per heavy atom. The number of fused-ring (bicyclic) bond motifs is 2. The molecule has 0 N–H and O–H groups in total. The van der Waals surface area contributed by atoms with E-state index in [4.69, 9.17) is 16.3 Å². The van der Waals surface area contributed by atoms with E-state index < -0.39 is 0 Å². The second-order valence-corrected chi connectivity index (χ2v) is 5.00. The number of ether oxygens (including phenoxy) is 1. The molecular formula is C11H15ClN4O. The van der Waals surface area contributed by atoms with Crippen LogP contribution < -0.4 is 0 Å². The second-order valence-electron chi connectivity index (χ2n) is 4.66. The molecule has 5 nitrogen and oxygen atoms in total. The van der Waals surface area contributed by atoms with Gasteiger partial charge >= 0.3 is 0 Å². The van der Waals surface area contributed by atoms with Gasteiger partial charge in [0, 0.05) is 12.1 Å². The maximum Gasteiger partial charge on any atom is 0.225 e. The van der Waals surface area contributed by atoms with Crippen molar-refractivity contribution in [2.24, 2.45) is 0 Å². The highest BCUT2D eigenvalue weighted by atomic mass is 35.5. The van der Waals surface area contributed by atoms with E-state index in [0.29, 0.717) is 17.9 Å². The Hall–Kier alpha value is -0.780. The number of hydrogen-bond donors (Lipinski definition) is 0. The zero-order valence-corrected chi connectivity index (χ0v) is 10.5. The molecule has 0 saturated carbocycles. The lowest BCUT2D eigenvalue weighted by molar-refractivity contribution is -0.0198. The van der Waals surface area contributed by atoms with E-state index in [1.54, 1.807) is 0 Å². The second kappa shape index (κ2) is 4.48. The predicted molar refractivity (Wildman–Crippen MR) is 62.7 cm³/mol. The maximum atomic E-state index is 5.85. The number of aromatic nitrogens is 3. The molecule has 2 atom stereocenters. The summed E-state index contributed by atoms with van der Waals surface area (Å²) in [5.41, 5.74) is 0. The first kappa shape index (κ1) is 11.3. The smallest absolute Gasteiger partial charge is 0.225 e. The van der Waals surface area contributed by atoms with Crippen LogP contribution in [0.4, 0.5) is 0 Å². The molecule has 2 unspecified atom stereocenters. The van der Waals surface area contributed by atoms with Gasteiger partial charge in [-0.3, -0.25) is 4.90 Å². The van der Waals surface area contributed by atoms with Crippen molar-refractivity contribution in [3.63, 3.8) is 0 Å². The number of halogens is 1. The summed E-state index contributed by atoms with van der Waals surface area (Å²) in [5.74, 6) is 1.45. The average Bonchev–Trinajstić information content (AvgIpc) is 2.49. The minimum absolute atomic E-state index is 0.285. The summed E-state index contributed by atoms with van der Waals surface area (Å²) >= 11 is 5.85. The van der Waals surface area contributed by atoms with Gasteiger partial charge in [0.2, 0.25) is 5.28 Å². The van der Waals surface area contributed by atoms with Gasteiger partial charge in [-0.05, 0) is 31.4 Å². The van der Waals surface area contributed by atoms with E-state index in [0.717, 1.165) is 25.6 Å². The fourth-order valence-electron chi connectivity index (χ4n) is 2.71. The summed E-state index contributed by atoms with van der Waals surface area (Å²) in [4.78, 5) is 14.9. The number of nitrogens with zero attached hydrogens (tertiary/aromatic N) is 4. The monoisotopic (exact) mass is 254 g/mol. The zero-order valence-electron chi connectivity index (χ0n) is 9.77. The molecule has 6 heteroatoms. The topological polar surface area (TPSA) is 51.1 Å². The Morgan fingerprint density at radius 3 is 2.59 bits per heavy atom. The summed E-state index contributed by atoms with van der Waals surface area (Å²) in [6.45, 7) is 4.25. The third-order valence-corrected chi connectivity index (χ3v) is 3.65. The van der Waals surface area contributed by atoms with Gasteiger partial charge in [0.1, 0.15) is 11.6 Å². The molecule has 2 aliphatic rings. The molecule has 0 aromatic carbocycles. The van der Waals surface area contributed by atoms with Crippen molar-refractivity contribution in [3.8, 4) is 0 Å². The first-order valence-electron chi connectivity index (χ1n) is 5.93. The summed E-state index contributed by atoms with van der Waals surface area (Å²) in [5, 5.41) is 0.285. The molecule has 1 aromatic rings. The van der Waals surface area contributed by atoms with Crippen molar-refractivity contribution in [2.75, 3.05) is 13.2 Å². The molecule has 1 aromatic heterocycles. The predicted octanol–water partition coefficient (Wildman–Crippen LogP) is 1.20. The molecule has 0 radical (unpaired) electrons. The van der Waals surface area contributed by atoms with Gasteiger partial charge in [-0.15, -0.1) is 0 Å². The summed E-state index contributed by atoms with van der Waals surface area (Å²) in [6, 6.07) is 1.04. The van der Waals surface area contributed by atoms with Crippen LogP contribution in [0.1, 0.15) is 24.5 Å². The molecular weight excluding hydrogens is 240 g/mol. The van der Waals surface area contributed by atoms with Gasteiger partial charge < -0.3 is 4.74 Å². The number of rotatable bonds is 2. The third-order valence-electron chi connectivity index (χ3n) is 3.48. The van der Waals surface area contributed by atoms with Gasteiger partial charge in [-0.25, -0.2) is 15.0 Å². The summed E-state index contributed by atoms with van der Waals surface area (Å²) in [7, 11) is 0. The van der Waals surface area contributed by atoms with Crippen LogP contribution in [-0.4, -0.2) is 45.1 Å². The number of morpholine rings is 1. The largest absolute Gasteiger partial charge is 0.378 e. The van der Waals surface area contributed by atoms with Crippen LogP contribution in [-0.2, 0) is 11.3 Å². The van der Waals surface area contributed by atoms with E-state index in [2.05, 4.69) is 19.9 Å². The van der Waals surface area contributed by atoms with Crippen LogP contribution in [0.3, 0.4) is 0 Å². The molecule has 2 aliphatic heterocycles. The van der Waals surface area contributed by atoms with E-state index in [1.165, 1.54) is 12.8 Å². The molecule has 3 rings (SSSR count). The van der Waals surface area contributed by atoms with Crippen molar-refractivity contribution >= 4 is 11.6 Å². The van der Waals surface area contributed by atoms with Gasteiger partial charge in [0.15, 0.2) is 0 Å². The van der Waals surface area contributed by atoms with Crippen LogP contribution in [0.5, 0.6) is 0 Å². The Morgan fingerprint density at radius 1 is 1.24 bits per heavy atom. The van der Waals surface area contributed by atoms with Crippen molar-refractivity contribution in [1.82, 2.24) is 19.9 Å². The maximum absolute atomic E-state index is 5.85. The summed E-state index contributed by atoms with van der Waals surface area (Å²) < 4.78 is 5.55. The van der Waals surface area contributed by atoms with Crippen molar-refractivity contribution < 1.29 is 4.74 Å². The zero-order chi connectivity index (χ0) is 11.8. The minimum atomic E-state index is 0.285. The van der Waals surface area contributed by atoms with Gasteiger partial charge in [-0.2, -0.15) is 0 Å². The highest BCUT2D eigenvalue weighted by Crippen LogP contribution is 2.29. The average molecular weight is 255 g/mol. The highest BCUT2D eigenvalue weighted by Gasteiger charge is 2.37. The first-order chi connectivity index (χ1) is 8.22. The van der Waals surface area contributed by atoms with Crippen molar-refractivity contribution in [2.45, 2.75) is 38.4 Å². The molecule has 3 heterocycles. The minimum Gasteiger partial charge on any atom is -0.378 e. The Balaban J connectivity index is 1.78. The van der Waals surface area contributed by atoms with Crippen LogP contribution in [0, 0.1) is 6.92 Å². The molecule has 17 heavy (non-hydrogen) atoms. The normalized spacial score (nSPS) is 28.6. The van der Waals surface area contributed by atoms with Crippen LogP contribution in [0.25, 0.3) is 0 Å². The lowest BCUT2D eigenvalue weighted by Crippen LogP contribution is -2.45. The molecule has 2 saturated heterocycles. The third kappa shape index (κ3) is 2.27. The van der Waals surface area contributed by atoms with E-state index in [-0.39, 0.29) is 5.28 Å². The lowest BCUT2D eigenvalue weighted by Gasteiger charge is -2.33. The van der Waals surface area contributed by atoms with E-state index in [9.17, 15) is 0 Å². The Bertz CT molecular complexity index is 392. The van der Waals surface area contributed by atoms with Gasteiger partial charge in [0.05, 0.1) is 19.8 Å². The molecule has 2 bridgehead atoms. The number of hydrogen-bond acceptors (Lipinski definition) is 5. The van der Waals surface area contributed by atoms with Gasteiger partial charge in [-0.1, -0.05) is 0 Å². The molecule has 0 spiro atoms. The number of aryl methyl sites for hydroxylation is 1. The highest BCUT2D eigenvalue weighted by molar-refractivity contribution is 6.28. The van der Waals surface area contributed by atoms with E-state index >= 15 is 0 Å². The molecule has 92 valence electrons. The SMILES string of the molecule is Cc1nc(Cl)nc(CN2C3CCC2COC3)n1. The lowest BCUT2D eigenvalue weighted by atomic mass is 10.2. The fraction of sp³-hybridized carbons (Fsp3) is 0.727. The first-order valence-corrected chi connectivity index (χ1v) is 6.31. The fourth-order valence-corrected chi connectivity index (χ4v) is 2.93. The molecule has 0 aliphatic carbocycles. The van der Waals surface area contributed by atoms with Gasteiger partial charge in [0.25, 0.3) is 0 Å². The van der Waals surface area contributed by atoms with Crippen LogP contribution in [0.2, 0.25) is 5.28 Å². The Labute approximate surface area is 105 Å². The Kier molecular flexibility index (Phi) is 2.98. The van der Waals surface area contributed by atoms with E-state index in [1.807, 2.05) is 6.92 Å². The standard InChI is InChI=1S/C11H15ClN4O/c1-7-13-10(15-11(12)14-7)4-16-8-2-3-9(16)6-17-5-8/h8-9H,2-6H2,1H3.